The molecular formula is C14H14N4. The highest BCUT2D eigenvalue weighted by Gasteiger charge is 2.20. The third kappa shape index (κ3) is 1.68. The maximum absolute atomic E-state index is 9.23. The Morgan fingerprint density at radius 1 is 1.22 bits per heavy atom. The molecule has 0 atom stereocenters. The van der Waals surface area contributed by atoms with Crippen molar-refractivity contribution in [2.45, 2.75) is 19.8 Å². The van der Waals surface area contributed by atoms with Crippen molar-refractivity contribution >= 4 is 16.6 Å². The smallest absolute Gasteiger partial charge is 0.187 e. The lowest BCUT2D eigenvalue weighted by molar-refractivity contribution is 0.945. The number of nitriles is 1. The van der Waals surface area contributed by atoms with Crippen molar-refractivity contribution in [3.8, 4) is 6.07 Å². The van der Waals surface area contributed by atoms with Crippen molar-refractivity contribution in [1.82, 2.24) is 10.2 Å². The number of hydrogen-bond acceptors (Lipinski definition) is 4. The molecule has 0 N–H and O–H groups in total. The molecule has 0 radical (unpaired) electrons. The van der Waals surface area contributed by atoms with Crippen LogP contribution in [0.5, 0.6) is 0 Å². The van der Waals surface area contributed by atoms with E-state index in [9.17, 15) is 5.26 Å². The first-order valence-electron chi connectivity index (χ1n) is 6.21. The molecular weight excluding hydrogens is 224 g/mol. The molecule has 1 aromatic heterocycles. The van der Waals surface area contributed by atoms with E-state index in [-0.39, 0.29) is 0 Å². The summed E-state index contributed by atoms with van der Waals surface area (Å²) in [4.78, 5) is 2.26. The fourth-order valence-electron chi connectivity index (χ4n) is 2.54. The first-order chi connectivity index (χ1) is 8.79. The SMILES string of the molecule is Cc1ccc2nnc(C#N)c(N3CCCC3)c2c1. The van der Waals surface area contributed by atoms with Crippen LogP contribution in [0.4, 0.5) is 5.69 Å². The minimum Gasteiger partial charge on any atom is -0.369 e. The summed E-state index contributed by atoms with van der Waals surface area (Å²) in [5.41, 5.74) is 3.44. The van der Waals surface area contributed by atoms with Crippen LogP contribution in [-0.4, -0.2) is 23.3 Å². The van der Waals surface area contributed by atoms with Crippen molar-refractivity contribution in [3.05, 3.63) is 29.5 Å². The molecule has 2 aromatic rings. The molecule has 2 heterocycles. The molecule has 1 fully saturated rings. The maximum atomic E-state index is 9.23. The molecule has 1 saturated heterocycles. The van der Waals surface area contributed by atoms with E-state index in [4.69, 9.17) is 0 Å². The number of anilines is 1. The quantitative estimate of drug-likeness (QED) is 0.765. The fraction of sp³-hybridized carbons (Fsp3) is 0.357. The van der Waals surface area contributed by atoms with Gasteiger partial charge < -0.3 is 4.90 Å². The summed E-state index contributed by atoms with van der Waals surface area (Å²) in [6.07, 6.45) is 2.36. The molecule has 0 amide bonds. The molecule has 0 saturated carbocycles. The van der Waals surface area contributed by atoms with Gasteiger partial charge in [0.05, 0.1) is 11.2 Å². The fourth-order valence-corrected chi connectivity index (χ4v) is 2.54. The van der Waals surface area contributed by atoms with Crippen LogP contribution in [0, 0.1) is 18.3 Å². The van der Waals surface area contributed by atoms with E-state index in [1.807, 2.05) is 12.1 Å². The van der Waals surface area contributed by atoms with Gasteiger partial charge in [-0.15, -0.1) is 10.2 Å². The average Bonchev–Trinajstić information content (AvgIpc) is 2.90. The largest absolute Gasteiger partial charge is 0.369 e. The molecule has 4 nitrogen and oxygen atoms in total. The van der Waals surface area contributed by atoms with Crippen molar-refractivity contribution in [1.29, 1.82) is 5.26 Å². The number of aryl methyl sites for hydroxylation is 1. The lowest BCUT2D eigenvalue weighted by Crippen LogP contribution is -2.20. The van der Waals surface area contributed by atoms with Crippen molar-refractivity contribution in [2.75, 3.05) is 18.0 Å². The molecule has 18 heavy (non-hydrogen) atoms. The van der Waals surface area contributed by atoms with Crippen LogP contribution in [0.2, 0.25) is 0 Å². The van der Waals surface area contributed by atoms with Gasteiger partial charge >= 0.3 is 0 Å². The predicted octanol–water partition coefficient (Wildman–Crippen LogP) is 2.41. The van der Waals surface area contributed by atoms with Gasteiger partial charge in [0.1, 0.15) is 6.07 Å². The second-order valence-electron chi connectivity index (χ2n) is 4.72. The third-order valence-electron chi connectivity index (χ3n) is 3.42. The molecule has 0 unspecified atom stereocenters. The van der Waals surface area contributed by atoms with Crippen LogP contribution in [0.3, 0.4) is 0 Å². The minimum absolute atomic E-state index is 0.440. The van der Waals surface area contributed by atoms with Gasteiger partial charge in [-0.3, -0.25) is 0 Å². The number of rotatable bonds is 1. The van der Waals surface area contributed by atoms with Crippen molar-refractivity contribution < 1.29 is 0 Å². The number of nitrogens with zero attached hydrogens (tertiary/aromatic N) is 4. The van der Waals surface area contributed by atoms with Gasteiger partial charge in [0.25, 0.3) is 0 Å². The summed E-state index contributed by atoms with van der Waals surface area (Å²) >= 11 is 0. The zero-order chi connectivity index (χ0) is 12.5. The Bertz CT molecular complexity index is 636. The van der Waals surface area contributed by atoms with Crippen LogP contribution >= 0.6 is 0 Å². The van der Waals surface area contributed by atoms with Gasteiger partial charge in [-0.25, -0.2) is 0 Å². The summed E-state index contributed by atoms with van der Waals surface area (Å²) < 4.78 is 0. The van der Waals surface area contributed by atoms with Gasteiger partial charge in [-0.05, 0) is 31.9 Å². The topological polar surface area (TPSA) is 52.8 Å². The number of aromatic nitrogens is 2. The van der Waals surface area contributed by atoms with Gasteiger partial charge in [-0.1, -0.05) is 11.6 Å². The van der Waals surface area contributed by atoms with E-state index in [1.165, 1.54) is 18.4 Å². The summed E-state index contributed by atoms with van der Waals surface area (Å²) in [5, 5.41) is 18.4. The number of fused-ring (bicyclic) bond motifs is 1. The summed E-state index contributed by atoms with van der Waals surface area (Å²) in [6, 6.07) is 8.26. The predicted molar refractivity (Wildman–Crippen MR) is 70.4 cm³/mol. The van der Waals surface area contributed by atoms with E-state index in [2.05, 4.69) is 34.2 Å². The Balaban J connectivity index is 2.29. The molecule has 0 aliphatic carbocycles. The van der Waals surface area contributed by atoms with Crippen LogP contribution in [-0.2, 0) is 0 Å². The lowest BCUT2D eigenvalue weighted by atomic mass is 10.1. The first kappa shape index (κ1) is 11.0. The first-order valence-corrected chi connectivity index (χ1v) is 6.21. The Morgan fingerprint density at radius 3 is 2.72 bits per heavy atom. The summed E-state index contributed by atoms with van der Waals surface area (Å²) in [5.74, 6) is 0. The van der Waals surface area contributed by atoms with Crippen LogP contribution < -0.4 is 4.90 Å². The van der Waals surface area contributed by atoms with Crippen molar-refractivity contribution in [2.24, 2.45) is 0 Å². The van der Waals surface area contributed by atoms with Crippen LogP contribution in [0.1, 0.15) is 24.1 Å². The monoisotopic (exact) mass is 238 g/mol. The van der Waals surface area contributed by atoms with E-state index >= 15 is 0 Å². The van der Waals surface area contributed by atoms with Gasteiger partial charge in [0, 0.05) is 18.5 Å². The Hall–Kier alpha value is -2.15. The van der Waals surface area contributed by atoms with Gasteiger partial charge in [0.15, 0.2) is 5.69 Å². The molecule has 1 aliphatic heterocycles. The minimum atomic E-state index is 0.440. The molecule has 4 heteroatoms. The normalized spacial score (nSPS) is 15.0. The van der Waals surface area contributed by atoms with Crippen LogP contribution in [0.15, 0.2) is 18.2 Å². The highest BCUT2D eigenvalue weighted by Crippen LogP contribution is 2.30. The molecule has 90 valence electrons. The Morgan fingerprint density at radius 2 is 2.00 bits per heavy atom. The van der Waals surface area contributed by atoms with Gasteiger partial charge in [0.2, 0.25) is 0 Å². The van der Waals surface area contributed by atoms with Crippen LogP contribution in [0.25, 0.3) is 10.9 Å². The Kier molecular flexibility index (Phi) is 2.60. The maximum Gasteiger partial charge on any atom is 0.187 e. The standard InChI is InChI=1S/C14H14N4/c1-10-4-5-12-11(8-10)14(13(9-15)17-16-12)18-6-2-3-7-18/h4-5,8H,2-3,6-7H2,1H3. The van der Waals surface area contributed by atoms with E-state index < -0.39 is 0 Å². The van der Waals surface area contributed by atoms with Gasteiger partial charge in [-0.2, -0.15) is 5.26 Å². The Labute approximate surface area is 106 Å². The van der Waals surface area contributed by atoms with Crippen molar-refractivity contribution in [3.63, 3.8) is 0 Å². The van der Waals surface area contributed by atoms with E-state index in [0.29, 0.717) is 5.69 Å². The summed E-state index contributed by atoms with van der Waals surface area (Å²) in [7, 11) is 0. The zero-order valence-electron chi connectivity index (χ0n) is 10.3. The highest BCUT2D eigenvalue weighted by molar-refractivity contribution is 5.94. The number of hydrogen-bond donors (Lipinski definition) is 0. The molecule has 3 rings (SSSR count). The molecule has 1 aromatic carbocycles. The second kappa shape index (κ2) is 4.26. The van der Waals surface area contributed by atoms with E-state index in [1.54, 1.807) is 0 Å². The summed E-state index contributed by atoms with van der Waals surface area (Å²) in [6.45, 7) is 4.06. The average molecular weight is 238 g/mol. The van der Waals surface area contributed by atoms with E-state index in [0.717, 1.165) is 29.7 Å². The molecule has 0 bridgehead atoms. The molecule has 0 spiro atoms. The number of benzene rings is 1. The zero-order valence-corrected chi connectivity index (χ0v) is 10.3. The molecule has 1 aliphatic rings. The highest BCUT2D eigenvalue weighted by atomic mass is 15.2. The second-order valence-corrected chi connectivity index (χ2v) is 4.72. The lowest BCUT2D eigenvalue weighted by Gasteiger charge is -2.20. The third-order valence-corrected chi connectivity index (χ3v) is 3.42.